The van der Waals surface area contributed by atoms with Crippen LogP contribution in [-0.2, 0) is 0 Å². The first kappa shape index (κ1) is 19.9. The van der Waals surface area contributed by atoms with E-state index in [0.717, 1.165) is 17.5 Å². The van der Waals surface area contributed by atoms with Gasteiger partial charge in [0.15, 0.2) is 0 Å². The molecule has 2 aromatic rings. The van der Waals surface area contributed by atoms with Crippen LogP contribution < -0.4 is 10.6 Å². The van der Waals surface area contributed by atoms with E-state index in [1.54, 1.807) is 6.07 Å². The molecule has 0 unspecified atom stereocenters. The van der Waals surface area contributed by atoms with E-state index in [9.17, 15) is 9.59 Å². The first-order chi connectivity index (χ1) is 12.3. The quantitative estimate of drug-likeness (QED) is 0.789. The van der Waals surface area contributed by atoms with Crippen molar-refractivity contribution < 1.29 is 9.59 Å². The van der Waals surface area contributed by atoms with Crippen LogP contribution in [0.25, 0.3) is 0 Å². The number of hydrogen-bond acceptors (Lipinski definition) is 3. The van der Waals surface area contributed by atoms with Crippen molar-refractivity contribution in [1.29, 1.82) is 0 Å². The number of rotatable bonds is 6. The summed E-state index contributed by atoms with van der Waals surface area (Å²) in [5, 5.41) is 6.12. The minimum atomic E-state index is -0.358. The fraction of sp³-hybridized carbons (Fsp3) is 0.350. The Bertz CT molecular complexity index is 795. The number of amides is 2. The highest BCUT2D eigenvalue weighted by Gasteiger charge is 2.14. The number of nitrogens with zero attached hydrogens (tertiary/aromatic N) is 1. The molecule has 0 radical (unpaired) electrons. The van der Waals surface area contributed by atoms with Crippen LogP contribution in [0.4, 0.5) is 5.69 Å². The molecule has 0 aliphatic rings. The Morgan fingerprint density at radius 2 is 1.73 bits per heavy atom. The predicted octanol–water partition coefficient (Wildman–Crippen LogP) is 4.38. The van der Waals surface area contributed by atoms with Crippen LogP contribution in [0, 0.1) is 19.8 Å². The smallest absolute Gasteiger partial charge is 0.257 e. The molecule has 138 valence electrons. The molecule has 1 aromatic carbocycles. The van der Waals surface area contributed by atoms with Gasteiger partial charge in [0.05, 0.1) is 21.8 Å². The zero-order chi connectivity index (χ0) is 19.3. The molecule has 6 heteroatoms. The standard InChI is InChI=1S/C20H24ClN3O2/c1-12(2)5-6-23-19(25)15-9-16(11-22-10-15)20(26)24-18-14(4)7-13(3)8-17(18)21/h7-12H,5-6H2,1-4H3,(H,23,25)(H,24,26). The summed E-state index contributed by atoms with van der Waals surface area (Å²) >= 11 is 6.24. The largest absolute Gasteiger partial charge is 0.352 e. The average molecular weight is 374 g/mol. The van der Waals surface area contributed by atoms with Crippen molar-refractivity contribution in [2.75, 3.05) is 11.9 Å². The number of aryl methyl sites for hydroxylation is 2. The lowest BCUT2D eigenvalue weighted by Gasteiger charge is -2.12. The van der Waals surface area contributed by atoms with Crippen molar-refractivity contribution >= 4 is 29.1 Å². The molecular weight excluding hydrogens is 350 g/mol. The molecule has 2 N–H and O–H groups in total. The van der Waals surface area contributed by atoms with Crippen molar-refractivity contribution in [3.63, 3.8) is 0 Å². The van der Waals surface area contributed by atoms with Crippen LogP contribution in [0.15, 0.2) is 30.6 Å². The molecule has 26 heavy (non-hydrogen) atoms. The van der Waals surface area contributed by atoms with Gasteiger partial charge in [-0.25, -0.2) is 0 Å². The van der Waals surface area contributed by atoms with Gasteiger partial charge in [-0.15, -0.1) is 0 Å². The molecule has 0 aliphatic carbocycles. The zero-order valence-electron chi connectivity index (χ0n) is 15.5. The third-order valence-electron chi connectivity index (χ3n) is 3.94. The van der Waals surface area contributed by atoms with Crippen LogP contribution in [0.2, 0.25) is 5.02 Å². The van der Waals surface area contributed by atoms with Crippen molar-refractivity contribution in [3.8, 4) is 0 Å². The molecule has 0 saturated carbocycles. The molecule has 0 atom stereocenters. The van der Waals surface area contributed by atoms with Gasteiger partial charge in [0.25, 0.3) is 11.8 Å². The summed E-state index contributed by atoms with van der Waals surface area (Å²) in [5.74, 6) is -0.0893. The molecule has 1 aromatic heterocycles. The lowest BCUT2D eigenvalue weighted by Crippen LogP contribution is -2.26. The number of hydrogen-bond donors (Lipinski definition) is 2. The molecule has 2 rings (SSSR count). The predicted molar refractivity (Wildman–Crippen MR) is 105 cm³/mol. The Morgan fingerprint density at radius 3 is 2.35 bits per heavy atom. The van der Waals surface area contributed by atoms with E-state index in [1.165, 1.54) is 18.5 Å². The molecule has 5 nitrogen and oxygen atoms in total. The highest BCUT2D eigenvalue weighted by atomic mass is 35.5. The van der Waals surface area contributed by atoms with E-state index < -0.39 is 0 Å². The Hall–Kier alpha value is -2.40. The van der Waals surface area contributed by atoms with Crippen LogP contribution in [0.1, 0.15) is 52.1 Å². The number of anilines is 1. The summed E-state index contributed by atoms with van der Waals surface area (Å²) in [6.45, 7) is 8.60. The van der Waals surface area contributed by atoms with Gasteiger partial charge in [0.1, 0.15) is 0 Å². The molecule has 2 amide bonds. The Morgan fingerprint density at radius 1 is 1.08 bits per heavy atom. The summed E-state index contributed by atoms with van der Waals surface area (Å²) < 4.78 is 0. The van der Waals surface area contributed by atoms with Gasteiger partial charge >= 0.3 is 0 Å². The van der Waals surface area contributed by atoms with Crippen molar-refractivity contribution in [1.82, 2.24) is 10.3 Å². The molecule has 0 aliphatic heterocycles. The van der Waals surface area contributed by atoms with Gasteiger partial charge in [-0.3, -0.25) is 14.6 Å². The number of pyridine rings is 1. The normalized spacial score (nSPS) is 10.7. The number of nitrogens with one attached hydrogen (secondary N) is 2. The maximum atomic E-state index is 12.5. The van der Waals surface area contributed by atoms with E-state index in [-0.39, 0.29) is 11.8 Å². The Labute approximate surface area is 159 Å². The summed E-state index contributed by atoms with van der Waals surface area (Å²) in [7, 11) is 0. The second-order valence-electron chi connectivity index (χ2n) is 6.79. The summed E-state index contributed by atoms with van der Waals surface area (Å²) in [4.78, 5) is 28.8. The second kappa shape index (κ2) is 8.81. The lowest BCUT2D eigenvalue weighted by atomic mass is 10.1. The van der Waals surface area contributed by atoms with Crippen molar-refractivity contribution in [2.24, 2.45) is 5.92 Å². The highest BCUT2D eigenvalue weighted by Crippen LogP contribution is 2.27. The van der Waals surface area contributed by atoms with Crippen molar-refractivity contribution in [3.05, 3.63) is 57.9 Å². The topological polar surface area (TPSA) is 71.1 Å². The number of benzene rings is 1. The van der Waals surface area contributed by atoms with E-state index in [2.05, 4.69) is 29.5 Å². The molecule has 0 saturated heterocycles. The monoisotopic (exact) mass is 373 g/mol. The maximum Gasteiger partial charge on any atom is 0.257 e. The summed E-state index contributed by atoms with van der Waals surface area (Å²) in [5.41, 5.74) is 3.12. The highest BCUT2D eigenvalue weighted by molar-refractivity contribution is 6.34. The van der Waals surface area contributed by atoms with Gasteiger partial charge in [0.2, 0.25) is 0 Å². The molecule has 0 spiro atoms. The average Bonchev–Trinajstić information content (AvgIpc) is 2.57. The molecule has 0 bridgehead atoms. The third-order valence-corrected chi connectivity index (χ3v) is 4.24. The summed E-state index contributed by atoms with van der Waals surface area (Å²) in [6.07, 6.45) is 3.77. The number of aromatic nitrogens is 1. The van der Waals surface area contributed by atoms with E-state index in [1.807, 2.05) is 19.9 Å². The number of carbonyl (C=O) groups excluding carboxylic acids is 2. The molecule has 1 heterocycles. The Kier molecular flexibility index (Phi) is 6.75. The lowest BCUT2D eigenvalue weighted by molar-refractivity contribution is 0.0951. The minimum absolute atomic E-state index is 0.239. The first-order valence-electron chi connectivity index (χ1n) is 8.59. The molecular formula is C20H24ClN3O2. The van der Waals surface area contributed by atoms with E-state index in [0.29, 0.717) is 34.3 Å². The van der Waals surface area contributed by atoms with Crippen LogP contribution in [0.3, 0.4) is 0 Å². The fourth-order valence-electron chi connectivity index (χ4n) is 2.52. The maximum absolute atomic E-state index is 12.5. The fourth-order valence-corrected chi connectivity index (χ4v) is 2.89. The van der Waals surface area contributed by atoms with Gasteiger partial charge < -0.3 is 10.6 Å². The first-order valence-corrected chi connectivity index (χ1v) is 8.97. The number of halogens is 1. The Balaban J connectivity index is 2.12. The van der Waals surface area contributed by atoms with Gasteiger partial charge in [-0.1, -0.05) is 31.5 Å². The summed E-state index contributed by atoms with van der Waals surface area (Å²) in [6, 6.07) is 5.27. The van der Waals surface area contributed by atoms with Gasteiger partial charge in [-0.05, 0) is 49.4 Å². The van der Waals surface area contributed by atoms with E-state index in [4.69, 9.17) is 11.6 Å². The van der Waals surface area contributed by atoms with Gasteiger partial charge in [0, 0.05) is 18.9 Å². The third kappa shape index (κ3) is 5.30. The van der Waals surface area contributed by atoms with E-state index >= 15 is 0 Å². The minimum Gasteiger partial charge on any atom is -0.352 e. The van der Waals surface area contributed by atoms with Crippen LogP contribution in [0.5, 0.6) is 0 Å². The zero-order valence-corrected chi connectivity index (χ0v) is 16.3. The van der Waals surface area contributed by atoms with Gasteiger partial charge in [-0.2, -0.15) is 0 Å². The molecule has 0 fully saturated rings. The van der Waals surface area contributed by atoms with Crippen LogP contribution >= 0.6 is 11.6 Å². The van der Waals surface area contributed by atoms with Crippen molar-refractivity contribution in [2.45, 2.75) is 34.1 Å². The van der Waals surface area contributed by atoms with Crippen LogP contribution in [-0.4, -0.2) is 23.3 Å². The second-order valence-corrected chi connectivity index (χ2v) is 7.20. The number of carbonyl (C=O) groups is 2. The SMILES string of the molecule is Cc1cc(C)c(NC(=O)c2cncc(C(=O)NCCC(C)C)c2)c(Cl)c1.